The molecule has 0 bridgehead atoms. The number of hydrogen-bond acceptors (Lipinski definition) is 7. The van der Waals surface area contributed by atoms with E-state index in [0.717, 1.165) is 38.9 Å². The Kier molecular flexibility index (Phi) is 5.89. The lowest BCUT2D eigenvalue weighted by molar-refractivity contribution is 0.393. The molecule has 0 amide bonds. The average molecular weight is 492 g/mol. The number of H-pyrrole nitrogens is 1. The maximum atomic E-state index is 13.4. The summed E-state index contributed by atoms with van der Waals surface area (Å²) in [5, 5.41) is 13.6. The molecule has 5 aromatic rings. The van der Waals surface area contributed by atoms with Gasteiger partial charge in [0.1, 0.15) is 41.3 Å². The van der Waals surface area contributed by atoms with Crippen LogP contribution in [-0.2, 0) is 6.67 Å². The van der Waals surface area contributed by atoms with Crippen LogP contribution in [0.1, 0.15) is 62.6 Å². The molecule has 10 heteroatoms. The molecule has 0 unspecified atom stereocenters. The summed E-state index contributed by atoms with van der Waals surface area (Å²) in [6.45, 7) is 11.3. The molecule has 0 radical (unpaired) electrons. The summed E-state index contributed by atoms with van der Waals surface area (Å²) >= 11 is 0. The van der Waals surface area contributed by atoms with E-state index < -0.39 is 6.67 Å². The number of anilines is 2. The molecule has 0 atom stereocenters. The highest BCUT2D eigenvalue weighted by Gasteiger charge is 2.22. The fraction of sp³-hybridized carbons (Fsp3) is 0.385. The number of nitrogens with one attached hydrogen (secondary N) is 2. The van der Waals surface area contributed by atoms with Crippen molar-refractivity contribution in [1.82, 2.24) is 29.9 Å². The topological polar surface area (TPSA) is 107 Å². The Hall–Kier alpha value is -3.95. The van der Waals surface area contributed by atoms with Gasteiger partial charge in [0.2, 0.25) is 0 Å². The van der Waals surface area contributed by atoms with Crippen molar-refractivity contribution in [3.05, 3.63) is 41.2 Å². The first-order valence-corrected chi connectivity index (χ1v) is 12.0. The Morgan fingerprint density at radius 1 is 1.14 bits per heavy atom. The van der Waals surface area contributed by atoms with Crippen molar-refractivity contribution in [3.63, 3.8) is 0 Å². The van der Waals surface area contributed by atoms with E-state index in [-0.39, 0.29) is 12.0 Å². The number of aromatic amines is 1. The lowest BCUT2D eigenvalue weighted by Crippen LogP contribution is -2.09. The van der Waals surface area contributed by atoms with Gasteiger partial charge in [0.15, 0.2) is 0 Å². The Labute approximate surface area is 208 Å². The number of ether oxygens (including phenoxy) is 1. The number of aromatic nitrogens is 6. The standard InChI is InChI=1S/C26H30FN7O2/c1-12(2)24-30-25-23(26(31-24)29-21-8-16(11-27)32-34(21)13(3)4)17-10-20(35-7)18(9-19(17)28-25)22-14(5)33-36-15(22)6/h8-10,12-13H,11H2,1-7H3,(H2,28,29,30,31). The van der Waals surface area contributed by atoms with E-state index in [1.807, 2.05) is 53.7 Å². The third kappa shape index (κ3) is 3.86. The number of hydrogen-bond donors (Lipinski definition) is 2. The minimum Gasteiger partial charge on any atom is -0.496 e. The SMILES string of the molecule is COc1cc2c(cc1-c1c(C)noc1C)[nH]c1nc(C(C)C)nc(Nc3cc(CF)nn3C(C)C)c12. The molecular formula is C26H30FN7O2. The minimum absolute atomic E-state index is 0.0374. The van der Waals surface area contributed by atoms with Gasteiger partial charge in [-0.05, 0) is 39.8 Å². The van der Waals surface area contributed by atoms with Crippen molar-refractivity contribution in [2.45, 2.75) is 60.2 Å². The van der Waals surface area contributed by atoms with Crippen molar-refractivity contribution >= 4 is 33.6 Å². The molecule has 4 aromatic heterocycles. The van der Waals surface area contributed by atoms with Gasteiger partial charge in [-0.25, -0.2) is 19.0 Å². The summed E-state index contributed by atoms with van der Waals surface area (Å²) in [6, 6.07) is 5.76. The highest BCUT2D eigenvalue weighted by Crippen LogP contribution is 2.41. The van der Waals surface area contributed by atoms with Crippen LogP contribution in [0.15, 0.2) is 22.7 Å². The van der Waals surface area contributed by atoms with Gasteiger partial charge in [0, 0.05) is 34.5 Å². The molecule has 0 saturated carbocycles. The van der Waals surface area contributed by atoms with E-state index in [0.29, 0.717) is 34.6 Å². The van der Waals surface area contributed by atoms with Gasteiger partial charge >= 0.3 is 0 Å². The van der Waals surface area contributed by atoms with Crippen LogP contribution in [0.5, 0.6) is 5.75 Å². The first-order chi connectivity index (χ1) is 17.2. The number of nitrogens with zero attached hydrogens (tertiary/aromatic N) is 5. The van der Waals surface area contributed by atoms with Gasteiger partial charge in [-0.15, -0.1) is 0 Å². The summed E-state index contributed by atoms with van der Waals surface area (Å²) in [5.41, 5.74) is 4.51. The number of halogens is 1. The molecule has 0 aliphatic heterocycles. The van der Waals surface area contributed by atoms with E-state index in [1.54, 1.807) is 17.9 Å². The van der Waals surface area contributed by atoms with Crippen LogP contribution in [0.3, 0.4) is 0 Å². The smallest absolute Gasteiger partial charge is 0.145 e. The van der Waals surface area contributed by atoms with Crippen molar-refractivity contribution < 1.29 is 13.7 Å². The van der Waals surface area contributed by atoms with Gasteiger partial charge in [-0.3, -0.25) is 0 Å². The zero-order chi connectivity index (χ0) is 25.7. The van der Waals surface area contributed by atoms with Crippen LogP contribution in [0, 0.1) is 13.8 Å². The zero-order valence-corrected chi connectivity index (χ0v) is 21.5. The van der Waals surface area contributed by atoms with Crippen LogP contribution >= 0.6 is 0 Å². The molecule has 9 nitrogen and oxygen atoms in total. The molecule has 5 rings (SSSR count). The largest absolute Gasteiger partial charge is 0.496 e. The number of aryl methyl sites for hydroxylation is 2. The van der Waals surface area contributed by atoms with Crippen LogP contribution in [0.25, 0.3) is 33.1 Å². The summed E-state index contributed by atoms with van der Waals surface area (Å²) in [6.07, 6.45) is 0. The van der Waals surface area contributed by atoms with Crippen molar-refractivity contribution in [2.75, 3.05) is 12.4 Å². The fourth-order valence-corrected chi connectivity index (χ4v) is 4.54. The number of methoxy groups -OCH3 is 1. The Balaban J connectivity index is 1.77. The van der Waals surface area contributed by atoms with Crippen molar-refractivity contribution in [2.24, 2.45) is 0 Å². The Morgan fingerprint density at radius 2 is 1.92 bits per heavy atom. The molecule has 36 heavy (non-hydrogen) atoms. The van der Waals surface area contributed by atoms with E-state index >= 15 is 0 Å². The van der Waals surface area contributed by atoms with E-state index in [2.05, 4.69) is 20.6 Å². The molecular weight excluding hydrogens is 461 g/mol. The minimum atomic E-state index is -0.639. The molecule has 0 spiro atoms. The zero-order valence-electron chi connectivity index (χ0n) is 21.5. The number of benzene rings is 1. The number of alkyl halides is 1. The number of rotatable bonds is 7. The van der Waals surface area contributed by atoms with Gasteiger partial charge in [0.05, 0.1) is 29.4 Å². The normalized spacial score (nSPS) is 11.9. The third-order valence-corrected chi connectivity index (χ3v) is 6.27. The van der Waals surface area contributed by atoms with Crippen LogP contribution < -0.4 is 10.1 Å². The van der Waals surface area contributed by atoms with Crippen LogP contribution in [0.4, 0.5) is 16.0 Å². The summed E-state index contributed by atoms with van der Waals surface area (Å²) in [7, 11) is 1.64. The fourth-order valence-electron chi connectivity index (χ4n) is 4.54. The molecule has 4 heterocycles. The molecule has 0 aliphatic rings. The second-order valence-electron chi connectivity index (χ2n) is 9.55. The highest BCUT2D eigenvalue weighted by atomic mass is 19.1. The summed E-state index contributed by atoms with van der Waals surface area (Å²) in [5.74, 6) is 3.48. The second kappa shape index (κ2) is 8.92. The quantitative estimate of drug-likeness (QED) is 0.267. The van der Waals surface area contributed by atoms with Crippen molar-refractivity contribution in [1.29, 1.82) is 0 Å². The highest BCUT2D eigenvalue weighted by molar-refractivity contribution is 6.13. The van der Waals surface area contributed by atoms with Gasteiger partial charge in [-0.2, -0.15) is 5.10 Å². The first-order valence-electron chi connectivity index (χ1n) is 12.0. The number of fused-ring (bicyclic) bond motifs is 3. The maximum Gasteiger partial charge on any atom is 0.145 e. The summed E-state index contributed by atoms with van der Waals surface area (Å²) < 4.78 is 26.4. The Morgan fingerprint density at radius 3 is 2.53 bits per heavy atom. The molecule has 188 valence electrons. The molecule has 1 aromatic carbocycles. The molecule has 0 fully saturated rings. The maximum absolute atomic E-state index is 13.4. The lowest BCUT2D eigenvalue weighted by atomic mass is 10.0. The predicted octanol–water partition coefficient (Wildman–Crippen LogP) is 6.51. The van der Waals surface area contributed by atoms with Crippen LogP contribution in [-0.4, -0.2) is 37.0 Å². The molecule has 0 aliphatic carbocycles. The predicted molar refractivity (Wildman–Crippen MR) is 138 cm³/mol. The molecule has 2 N–H and O–H groups in total. The molecule has 0 saturated heterocycles. The average Bonchev–Trinajstić information content (AvgIpc) is 3.52. The van der Waals surface area contributed by atoms with E-state index in [1.165, 1.54) is 0 Å². The lowest BCUT2D eigenvalue weighted by Gasteiger charge is -2.14. The second-order valence-corrected chi connectivity index (χ2v) is 9.55. The van der Waals surface area contributed by atoms with Crippen LogP contribution in [0.2, 0.25) is 0 Å². The monoisotopic (exact) mass is 491 g/mol. The van der Waals surface area contributed by atoms with Gasteiger partial charge in [-0.1, -0.05) is 19.0 Å². The van der Waals surface area contributed by atoms with E-state index in [9.17, 15) is 4.39 Å². The van der Waals surface area contributed by atoms with E-state index in [4.69, 9.17) is 19.2 Å². The van der Waals surface area contributed by atoms with Gasteiger partial charge in [0.25, 0.3) is 0 Å². The summed E-state index contributed by atoms with van der Waals surface area (Å²) in [4.78, 5) is 13.1. The first kappa shape index (κ1) is 23.8. The van der Waals surface area contributed by atoms with Crippen molar-refractivity contribution in [3.8, 4) is 16.9 Å². The third-order valence-electron chi connectivity index (χ3n) is 6.27. The van der Waals surface area contributed by atoms with Gasteiger partial charge < -0.3 is 19.6 Å². The Bertz CT molecular complexity index is 1560.